The van der Waals surface area contributed by atoms with E-state index in [-0.39, 0.29) is 26.7 Å². The van der Waals surface area contributed by atoms with Gasteiger partial charge in [0.2, 0.25) is 0 Å². The number of anilines is 4. The number of nitrogens with zero attached hydrogens (tertiary/aromatic N) is 5. The maximum atomic E-state index is 12.3. The summed E-state index contributed by atoms with van der Waals surface area (Å²) in [5.41, 5.74) is 8.60. The van der Waals surface area contributed by atoms with Gasteiger partial charge in [0, 0.05) is 26.2 Å². The van der Waals surface area contributed by atoms with E-state index in [1.54, 1.807) is 0 Å². The number of nitriles is 1. The van der Waals surface area contributed by atoms with Crippen molar-refractivity contribution >= 4 is 38.6 Å². The third-order valence-electron chi connectivity index (χ3n) is 8.71. The molecule has 0 fully saturated rings. The van der Waals surface area contributed by atoms with Gasteiger partial charge in [-0.05, 0) is 51.0 Å². The molecule has 0 amide bonds. The molecule has 242 valence electrons. The van der Waals surface area contributed by atoms with Crippen molar-refractivity contribution in [2.24, 2.45) is 21.7 Å². The fourth-order valence-electron chi connectivity index (χ4n) is 7.81. The Morgan fingerprint density at radius 2 is 0.727 bits per heavy atom. The molecule has 44 heavy (non-hydrogen) atoms. The third kappa shape index (κ3) is 5.82. The highest BCUT2D eigenvalue weighted by molar-refractivity contribution is 7.51. The summed E-state index contributed by atoms with van der Waals surface area (Å²) in [6, 6.07) is 18.1. The van der Waals surface area contributed by atoms with E-state index >= 15 is 0 Å². The molecule has 0 spiro atoms. The lowest BCUT2D eigenvalue weighted by Crippen LogP contribution is -2.92. The van der Waals surface area contributed by atoms with Gasteiger partial charge in [0.25, 0.3) is 0 Å². The zero-order valence-corrected chi connectivity index (χ0v) is 32.7. The highest BCUT2D eigenvalue weighted by Gasteiger charge is 2.81. The summed E-state index contributed by atoms with van der Waals surface area (Å²) in [5, 5.41) is 12.2. The summed E-state index contributed by atoms with van der Waals surface area (Å²) in [7, 11) is -6.36. The SMILES string of the molecule is CC(C)(C)CN1c2ccccc2N(CC(C)(C)C)[Si]1(C#N)[Si]1(C(C)(C)C)N(CC(C)(C)C)c2ccccc2N1CC(C)(C)C. The van der Waals surface area contributed by atoms with Crippen molar-refractivity contribution in [2.45, 2.75) is 109 Å². The molecular weight excluding hydrogens is 571 g/mol. The summed E-state index contributed by atoms with van der Waals surface area (Å²) in [6.45, 7) is 39.2. The molecule has 0 radical (unpaired) electrons. The zero-order valence-electron chi connectivity index (χ0n) is 30.7. The molecule has 0 atom stereocenters. The van der Waals surface area contributed by atoms with Crippen LogP contribution >= 0.6 is 0 Å². The van der Waals surface area contributed by atoms with Crippen LogP contribution in [0, 0.1) is 32.6 Å². The summed E-state index contributed by atoms with van der Waals surface area (Å²) in [6.07, 6.45) is 0. The van der Waals surface area contributed by atoms with E-state index in [9.17, 15) is 5.26 Å². The number of fused-ring (bicyclic) bond motifs is 2. The molecule has 7 heteroatoms. The smallest absolute Gasteiger partial charge is 0.377 e. The molecule has 0 bridgehead atoms. The highest BCUT2D eigenvalue weighted by atomic mass is 29.3. The second kappa shape index (κ2) is 10.8. The predicted molar refractivity (Wildman–Crippen MR) is 197 cm³/mol. The molecule has 0 aliphatic carbocycles. The quantitative estimate of drug-likeness (QED) is 0.307. The Labute approximate surface area is 272 Å². The van der Waals surface area contributed by atoms with Gasteiger partial charge in [0.05, 0.1) is 28.4 Å². The van der Waals surface area contributed by atoms with Crippen molar-refractivity contribution in [3.05, 3.63) is 48.5 Å². The summed E-state index contributed by atoms with van der Waals surface area (Å²) in [4.78, 5) is 0. The largest absolute Gasteiger partial charge is 0.408 e. The van der Waals surface area contributed by atoms with Crippen molar-refractivity contribution in [3.8, 4) is 5.69 Å². The fraction of sp³-hybridized carbons (Fsp3) is 0.649. The van der Waals surface area contributed by atoms with E-state index in [4.69, 9.17) is 0 Å². The van der Waals surface area contributed by atoms with E-state index in [0.717, 1.165) is 26.2 Å². The summed E-state index contributed by atoms with van der Waals surface area (Å²) in [5.74, 6) is 0. The Bertz CT molecular complexity index is 1310. The van der Waals surface area contributed by atoms with Crippen LogP contribution in [0.3, 0.4) is 0 Å². The van der Waals surface area contributed by atoms with Gasteiger partial charge in [-0.1, -0.05) is 128 Å². The average Bonchev–Trinajstić information content (AvgIpc) is 3.23. The lowest BCUT2D eigenvalue weighted by atomic mass is 9.96. The van der Waals surface area contributed by atoms with Gasteiger partial charge >= 0.3 is 15.8 Å². The molecule has 4 rings (SSSR count). The van der Waals surface area contributed by atoms with Crippen LogP contribution in [0.4, 0.5) is 22.7 Å². The van der Waals surface area contributed by atoms with E-state index in [1.807, 2.05) is 0 Å². The molecule has 0 unspecified atom stereocenters. The average molecular weight is 632 g/mol. The van der Waals surface area contributed by atoms with Crippen LogP contribution in [0.1, 0.15) is 104 Å². The second-order valence-corrected chi connectivity index (χ2v) is 30.0. The van der Waals surface area contributed by atoms with Gasteiger partial charge in [-0.2, -0.15) is 0 Å². The lowest BCUT2D eigenvalue weighted by Gasteiger charge is -2.61. The van der Waals surface area contributed by atoms with Gasteiger partial charge in [-0.25, -0.2) is 5.26 Å². The molecule has 5 nitrogen and oxygen atoms in total. The number of hydrogen-bond acceptors (Lipinski definition) is 5. The van der Waals surface area contributed by atoms with Gasteiger partial charge in [0.1, 0.15) is 0 Å². The number of hydrogen-bond donors (Lipinski definition) is 0. The Hall–Kier alpha value is -2.44. The van der Waals surface area contributed by atoms with Gasteiger partial charge < -0.3 is 18.3 Å². The van der Waals surface area contributed by atoms with Crippen LogP contribution in [0.15, 0.2) is 48.5 Å². The van der Waals surface area contributed by atoms with Gasteiger partial charge in [0.15, 0.2) is 0 Å². The van der Waals surface area contributed by atoms with Crippen LogP contribution in [-0.2, 0) is 0 Å². The first-order chi connectivity index (χ1) is 19.9. The van der Waals surface area contributed by atoms with Crippen LogP contribution in [-0.4, -0.2) is 42.0 Å². The number of para-hydroxylation sites is 4. The molecule has 0 N–H and O–H groups in total. The molecule has 2 aliphatic rings. The minimum atomic E-state index is -3.30. The van der Waals surface area contributed by atoms with E-state index < -0.39 is 15.8 Å². The Balaban J connectivity index is 2.28. The standard InChI is InChI=1S/C37H61N5Si2/c1-33(2,3)24-39-29-20-16-17-21-30(29)40(25-34(4,5)6)43(39,28-38)44(37(13,14)15)41(26-35(7,8)9)31-22-18-19-23-32(31)42(44)27-36(10,11)12/h16-23H,24-27H2,1-15H3. The van der Waals surface area contributed by atoms with Crippen LogP contribution in [0.25, 0.3) is 0 Å². The van der Waals surface area contributed by atoms with Crippen LogP contribution in [0.5, 0.6) is 0 Å². The monoisotopic (exact) mass is 631 g/mol. The second-order valence-electron chi connectivity index (χ2n) is 19.3. The molecular formula is C37H61N5Si2. The fourth-order valence-corrected chi connectivity index (χ4v) is 28.4. The Morgan fingerprint density at radius 1 is 0.477 bits per heavy atom. The number of rotatable bonds is 5. The molecule has 0 aromatic heterocycles. The van der Waals surface area contributed by atoms with E-state index in [0.29, 0.717) is 0 Å². The van der Waals surface area contributed by atoms with E-state index in [1.165, 1.54) is 22.7 Å². The van der Waals surface area contributed by atoms with Crippen molar-refractivity contribution < 1.29 is 0 Å². The Morgan fingerprint density at radius 3 is 0.955 bits per heavy atom. The normalized spacial score (nSPS) is 18.4. The highest BCUT2D eigenvalue weighted by Crippen LogP contribution is 2.61. The summed E-state index contributed by atoms with van der Waals surface area (Å²) >= 11 is 0. The van der Waals surface area contributed by atoms with Crippen molar-refractivity contribution in [1.29, 1.82) is 5.26 Å². The first-order valence-electron chi connectivity index (χ1n) is 16.6. The minimum absolute atomic E-state index is 0.00258. The predicted octanol–water partition coefficient (Wildman–Crippen LogP) is 9.65. The Kier molecular flexibility index (Phi) is 8.48. The topological polar surface area (TPSA) is 36.8 Å². The summed E-state index contributed by atoms with van der Waals surface area (Å²) < 4.78 is 11.1. The van der Waals surface area contributed by atoms with Crippen molar-refractivity contribution in [3.63, 3.8) is 0 Å². The van der Waals surface area contributed by atoms with Crippen LogP contribution < -0.4 is 18.3 Å². The van der Waals surface area contributed by atoms with Crippen molar-refractivity contribution in [2.75, 3.05) is 44.4 Å². The molecule has 0 saturated carbocycles. The first kappa shape index (κ1) is 34.4. The molecule has 2 aromatic carbocycles. The molecule has 2 aliphatic heterocycles. The molecule has 2 heterocycles. The molecule has 0 saturated heterocycles. The maximum Gasteiger partial charge on any atom is 0.408 e. The maximum absolute atomic E-state index is 12.3. The van der Waals surface area contributed by atoms with Gasteiger partial charge in [-0.3, -0.25) is 0 Å². The minimum Gasteiger partial charge on any atom is -0.377 e. The van der Waals surface area contributed by atoms with E-state index in [2.05, 4.69) is 176 Å². The first-order valence-corrected chi connectivity index (χ1v) is 21.4. The number of benzene rings is 2. The third-order valence-corrected chi connectivity index (χ3v) is 25.5. The van der Waals surface area contributed by atoms with Gasteiger partial charge in [-0.15, -0.1) is 0 Å². The zero-order chi connectivity index (χ0) is 33.3. The van der Waals surface area contributed by atoms with Crippen LogP contribution in [0.2, 0.25) is 5.04 Å². The van der Waals surface area contributed by atoms with Crippen molar-refractivity contribution in [1.82, 2.24) is 0 Å². The lowest BCUT2D eigenvalue weighted by molar-refractivity contribution is 0.415. The molecule has 2 aromatic rings.